The van der Waals surface area contributed by atoms with E-state index in [0.717, 1.165) is 12.1 Å². The Bertz CT molecular complexity index is 714. The molecule has 1 aromatic rings. The molecule has 0 spiro atoms. The lowest BCUT2D eigenvalue weighted by Crippen LogP contribution is -2.40. The number of benzene rings is 1. The standard InChI is InChI=1S/C15H20F3N3O2S/c1-19-15(20-7-10-3-4-24(22,23)9-10)21(2)8-11-5-12(16)14(18)13(17)6-11/h5-6,10H,3-4,7-9H2,1-2H3,(H,19,20). The monoisotopic (exact) mass is 363 g/mol. The van der Waals surface area contributed by atoms with E-state index in [9.17, 15) is 21.6 Å². The number of nitrogens with zero attached hydrogens (tertiary/aromatic N) is 2. The minimum atomic E-state index is -2.94. The van der Waals surface area contributed by atoms with E-state index in [4.69, 9.17) is 0 Å². The van der Waals surface area contributed by atoms with E-state index in [-0.39, 0.29) is 29.5 Å². The summed E-state index contributed by atoms with van der Waals surface area (Å²) in [6.07, 6.45) is 0.602. The van der Waals surface area contributed by atoms with Crippen LogP contribution in [0.3, 0.4) is 0 Å². The van der Waals surface area contributed by atoms with Crippen LogP contribution in [0, 0.1) is 23.4 Å². The summed E-state index contributed by atoms with van der Waals surface area (Å²) in [7, 11) is 0.273. The van der Waals surface area contributed by atoms with Crippen LogP contribution in [0.25, 0.3) is 0 Å². The number of hydrogen-bond acceptors (Lipinski definition) is 3. The van der Waals surface area contributed by atoms with Gasteiger partial charge in [-0.15, -0.1) is 0 Å². The fraction of sp³-hybridized carbons (Fsp3) is 0.533. The molecule has 0 radical (unpaired) electrons. The zero-order valence-corrected chi connectivity index (χ0v) is 14.3. The molecule has 1 heterocycles. The molecule has 0 aromatic heterocycles. The molecule has 1 saturated heterocycles. The molecule has 1 aliphatic heterocycles. The van der Waals surface area contributed by atoms with Crippen molar-refractivity contribution in [3.05, 3.63) is 35.1 Å². The molecule has 5 nitrogen and oxygen atoms in total. The predicted octanol–water partition coefficient (Wildman–Crippen LogP) is 1.55. The maximum atomic E-state index is 13.3. The summed E-state index contributed by atoms with van der Waals surface area (Å²) in [5.74, 6) is -3.15. The van der Waals surface area contributed by atoms with Gasteiger partial charge in [0.05, 0.1) is 11.5 Å². The van der Waals surface area contributed by atoms with Gasteiger partial charge in [0.15, 0.2) is 33.2 Å². The zero-order valence-electron chi connectivity index (χ0n) is 13.5. The molecule has 0 amide bonds. The van der Waals surface area contributed by atoms with Crippen LogP contribution in [-0.4, -0.2) is 51.4 Å². The van der Waals surface area contributed by atoms with E-state index in [1.54, 1.807) is 19.0 Å². The third-order valence-electron chi connectivity index (χ3n) is 3.91. The third kappa shape index (κ3) is 4.62. The van der Waals surface area contributed by atoms with Crippen LogP contribution in [-0.2, 0) is 16.4 Å². The number of halogens is 3. The Balaban J connectivity index is 1.96. The molecule has 1 fully saturated rings. The van der Waals surface area contributed by atoms with Crippen molar-refractivity contribution < 1.29 is 21.6 Å². The van der Waals surface area contributed by atoms with Gasteiger partial charge < -0.3 is 10.2 Å². The van der Waals surface area contributed by atoms with Gasteiger partial charge >= 0.3 is 0 Å². The molecular formula is C15H20F3N3O2S. The van der Waals surface area contributed by atoms with Gasteiger partial charge in [-0.25, -0.2) is 21.6 Å². The summed E-state index contributed by atoms with van der Waals surface area (Å²) < 4.78 is 62.4. The second-order valence-corrected chi connectivity index (χ2v) is 8.16. The van der Waals surface area contributed by atoms with Gasteiger partial charge in [-0.1, -0.05) is 0 Å². The van der Waals surface area contributed by atoms with Crippen molar-refractivity contribution in [2.75, 3.05) is 32.1 Å². The lowest BCUT2D eigenvalue weighted by molar-refractivity contribution is 0.432. The van der Waals surface area contributed by atoms with Gasteiger partial charge in [0, 0.05) is 27.2 Å². The molecule has 1 atom stereocenters. The van der Waals surface area contributed by atoms with Crippen LogP contribution < -0.4 is 5.32 Å². The molecular weight excluding hydrogens is 343 g/mol. The van der Waals surface area contributed by atoms with Crippen molar-refractivity contribution in [1.29, 1.82) is 0 Å². The molecule has 0 aliphatic carbocycles. The summed E-state index contributed by atoms with van der Waals surface area (Å²) in [4.78, 5) is 5.68. The highest BCUT2D eigenvalue weighted by Crippen LogP contribution is 2.18. The number of hydrogen-bond donors (Lipinski definition) is 1. The van der Waals surface area contributed by atoms with Gasteiger partial charge in [0.25, 0.3) is 0 Å². The SMILES string of the molecule is CN=C(NCC1CCS(=O)(=O)C1)N(C)Cc1cc(F)c(F)c(F)c1. The van der Waals surface area contributed by atoms with Crippen LogP contribution in [0.1, 0.15) is 12.0 Å². The summed E-state index contributed by atoms with van der Waals surface area (Å²) in [5.41, 5.74) is 0.264. The number of rotatable bonds is 4. The molecule has 9 heteroatoms. The van der Waals surface area contributed by atoms with Gasteiger partial charge in [-0.2, -0.15) is 0 Å². The molecule has 1 aliphatic rings. The average Bonchev–Trinajstić information content (AvgIpc) is 2.84. The molecule has 2 rings (SSSR count). The number of aliphatic imine (C=N–C) groups is 1. The van der Waals surface area contributed by atoms with Crippen LogP contribution in [0.5, 0.6) is 0 Å². The maximum Gasteiger partial charge on any atom is 0.194 e. The van der Waals surface area contributed by atoms with Crippen molar-refractivity contribution in [2.24, 2.45) is 10.9 Å². The highest BCUT2D eigenvalue weighted by molar-refractivity contribution is 7.91. The lowest BCUT2D eigenvalue weighted by Gasteiger charge is -2.23. The fourth-order valence-corrected chi connectivity index (χ4v) is 4.56. The Hall–Kier alpha value is -1.77. The number of sulfone groups is 1. The van der Waals surface area contributed by atoms with E-state index in [1.807, 2.05) is 0 Å². The lowest BCUT2D eigenvalue weighted by atomic mass is 10.1. The summed E-state index contributed by atoms with van der Waals surface area (Å²) in [5, 5.41) is 3.06. The summed E-state index contributed by atoms with van der Waals surface area (Å²) >= 11 is 0. The Morgan fingerprint density at radius 2 is 1.96 bits per heavy atom. The Kier molecular flexibility index (Phi) is 5.74. The molecule has 1 unspecified atom stereocenters. The van der Waals surface area contributed by atoms with Gasteiger partial charge in [0.2, 0.25) is 0 Å². The third-order valence-corrected chi connectivity index (χ3v) is 5.75. The van der Waals surface area contributed by atoms with Crippen molar-refractivity contribution in [3.8, 4) is 0 Å². The predicted molar refractivity (Wildman–Crippen MR) is 85.9 cm³/mol. The van der Waals surface area contributed by atoms with E-state index in [1.165, 1.54) is 0 Å². The molecule has 1 N–H and O–H groups in total. The van der Waals surface area contributed by atoms with E-state index in [0.29, 0.717) is 18.9 Å². The molecule has 1 aromatic carbocycles. The molecule has 0 bridgehead atoms. The van der Waals surface area contributed by atoms with Crippen molar-refractivity contribution in [2.45, 2.75) is 13.0 Å². The normalized spacial score (nSPS) is 20.2. The topological polar surface area (TPSA) is 61.8 Å². The smallest absolute Gasteiger partial charge is 0.194 e. The van der Waals surface area contributed by atoms with Crippen molar-refractivity contribution in [3.63, 3.8) is 0 Å². The highest BCUT2D eigenvalue weighted by Gasteiger charge is 2.28. The second kappa shape index (κ2) is 7.42. The minimum absolute atomic E-state index is 0.0147. The number of guanidine groups is 1. The fourth-order valence-electron chi connectivity index (χ4n) is 2.70. The second-order valence-electron chi connectivity index (χ2n) is 5.93. The largest absolute Gasteiger partial charge is 0.356 e. The maximum absolute atomic E-state index is 13.3. The van der Waals surface area contributed by atoms with Crippen molar-refractivity contribution >= 4 is 15.8 Å². The molecule has 0 saturated carbocycles. The first kappa shape index (κ1) is 18.6. The first-order valence-corrected chi connectivity index (χ1v) is 9.29. The van der Waals surface area contributed by atoms with Crippen LogP contribution >= 0.6 is 0 Å². The Morgan fingerprint density at radius 3 is 2.46 bits per heavy atom. The molecule has 24 heavy (non-hydrogen) atoms. The highest BCUT2D eigenvalue weighted by atomic mass is 32.2. The zero-order chi connectivity index (χ0) is 17.9. The van der Waals surface area contributed by atoms with Crippen LogP contribution in [0.4, 0.5) is 13.2 Å². The van der Waals surface area contributed by atoms with E-state index < -0.39 is 27.3 Å². The van der Waals surface area contributed by atoms with Crippen molar-refractivity contribution in [1.82, 2.24) is 10.2 Å². The van der Waals surface area contributed by atoms with Gasteiger partial charge in [0.1, 0.15) is 0 Å². The molecule has 134 valence electrons. The first-order chi connectivity index (χ1) is 11.2. The average molecular weight is 363 g/mol. The summed E-state index contributed by atoms with van der Waals surface area (Å²) in [6.45, 7) is 0.569. The first-order valence-electron chi connectivity index (χ1n) is 7.47. The Labute approximate surface area is 139 Å². The number of nitrogens with one attached hydrogen (secondary N) is 1. The van der Waals surface area contributed by atoms with E-state index in [2.05, 4.69) is 10.3 Å². The van der Waals surface area contributed by atoms with E-state index >= 15 is 0 Å². The quantitative estimate of drug-likeness (QED) is 0.501. The Morgan fingerprint density at radius 1 is 1.33 bits per heavy atom. The van der Waals surface area contributed by atoms with Gasteiger partial charge in [-0.3, -0.25) is 4.99 Å². The van der Waals surface area contributed by atoms with Crippen LogP contribution in [0.2, 0.25) is 0 Å². The summed E-state index contributed by atoms with van der Waals surface area (Å²) in [6, 6.07) is 1.87. The van der Waals surface area contributed by atoms with Gasteiger partial charge in [-0.05, 0) is 30.0 Å². The van der Waals surface area contributed by atoms with Crippen LogP contribution in [0.15, 0.2) is 17.1 Å². The minimum Gasteiger partial charge on any atom is -0.356 e.